The van der Waals surface area contributed by atoms with E-state index in [0.717, 1.165) is 0 Å². The predicted octanol–water partition coefficient (Wildman–Crippen LogP) is 3.32. The lowest BCUT2D eigenvalue weighted by molar-refractivity contribution is 0.476. The van der Waals surface area contributed by atoms with Crippen molar-refractivity contribution in [2.24, 2.45) is 5.92 Å². The van der Waals surface area contributed by atoms with Gasteiger partial charge >= 0.3 is 0 Å². The van der Waals surface area contributed by atoms with Gasteiger partial charge in [-0.2, -0.15) is 0 Å². The summed E-state index contributed by atoms with van der Waals surface area (Å²) >= 11 is 11.7. The van der Waals surface area contributed by atoms with Gasteiger partial charge in [0.2, 0.25) is 10.0 Å². The number of hydrogen-bond acceptors (Lipinski definition) is 2. The summed E-state index contributed by atoms with van der Waals surface area (Å²) in [5.74, 6) is 0.197. The van der Waals surface area contributed by atoms with Crippen LogP contribution in [0.5, 0.6) is 0 Å². The minimum absolute atomic E-state index is 0.0131. The number of sulfonamides is 1. The molecule has 0 aliphatic carbocycles. The third-order valence-electron chi connectivity index (χ3n) is 2.55. The molecule has 0 unspecified atom stereocenters. The van der Waals surface area contributed by atoms with Crippen molar-refractivity contribution < 1.29 is 8.42 Å². The summed E-state index contributed by atoms with van der Waals surface area (Å²) in [6.45, 7) is 5.68. The molecule has 0 saturated carbocycles. The van der Waals surface area contributed by atoms with Crippen LogP contribution in [0.25, 0.3) is 0 Å². The largest absolute Gasteiger partial charge is 0.242 e. The first-order chi connectivity index (χ1) is 7.75. The molecule has 0 aromatic heterocycles. The fourth-order valence-electron chi connectivity index (χ4n) is 1.14. The highest BCUT2D eigenvalue weighted by Gasteiger charge is 2.22. The van der Waals surface area contributed by atoms with Crippen LogP contribution < -0.4 is 4.72 Å². The maximum absolute atomic E-state index is 12.1. The lowest BCUT2D eigenvalue weighted by atomic mass is 10.1. The Bertz CT molecular complexity index is 500. The van der Waals surface area contributed by atoms with Gasteiger partial charge in [0.1, 0.15) is 4.90 Å². The van der Waals surface area contributed by atoms with Crippen LogP contribution in [0.3, 0.4) is 0 Å². The summed E-state index contributed by atoms with van der Waals surface area (Å²) in [7, 11) is -3.62. The van der Waals surface area contributed by atoms with Gasteiger partial charge in [-0.1, -0.05) is 43.1 Å². The molecule has 0 bridgehead atoms. The second kappa shape index (κ2) is 5.57. The Balaban J connectivity index is 3.10. The lowest BCUT2D eigenvalue weighted by Gasteiger charge is -2.18. The van der Waals surface area contributed by atoms with Gasteiger partial charge in [-0.05, 0) is 25.0 Å². The Morgan fingerprint density at radius 2 is 1.76 bits per heavy atom. The summed E-state index contributed by atoms with van der Waals surface area (Å²) in [5, 5.41) is 0.282. The van der Waals surface area contributed by atoms with Crippen molar-refractivity contribution in [3.63, 3.8) is 0 Å². The van der Waals surface area contributed by atoms with Crippen LogP contribution in [-0.4, -0.2) is 14.5 Å². The van der Waals surface area contributed by atoms with Gasteiger partial charge in [0, 0.05) is 6.04 Å². The van der Waals surface area contributed by atoms with Gasteiger partial charge in [0.15, 0.2) is 0 Å². The van der Waals surface area contributed by atoms with Crippen LogP contribution in [0.4, 0.5) is 0 Å². The molecular weight excluding hydrogens is 281 g/mol. The van der Waals surface area contributed by atoms with Gasteiger partial charge in [-0.3, -0.25) is 0 Å². The molecule has 17 heavy (non-hydrogen) atoms. The molecule has 0 spiro atoms. The van der Waals surface area contributed by atoms with Gasteiger partial charge in [-0.25, -0.2) is 13.1 Å². The number of rotatable bonds is 4. The molecule has 3 nitrogen and oxygen atoms in total. The molecule has 1 N–H and O–H groups in total. The Kier molecular flexibility index (Phi) is 4.84. The van der Waals surface area contributed by atoms with Crippen molar-refractivity contribution in [1.82, 2.24) is 4.72 Å². The highest BCUT2D eigenvalue weighted by atomic mass is 35.5. The first-order valence-electron chi connectivity index (χ1n) is 5.22. The SMILES string of the molecule is CC(C)[C@@H](C)NS(=O)(=O)c1cccc(Cl)c1Cl. The molecule has 0 aliphatic rings. The number of benzene rings is 1. The van der Waals surface area contributed by atoms with E-state index in [0.29, 0.717) is 0 Å². The number of nitrogens with one attached hydrogen (secondary N) is 1. The topological polar surface area (TPSA) is 46.2 Å². The zero-order valence-electron chi connectivity index (χ0n) is 9.87. The van der Waals surface area contributed by atoms with Crippen molar-refractivity contribution in [2.75, 3.05) is 0 Å². The molecule has 0 amide bonds. The van der Waals surface area contributed by atoms with E-state index in [2.05, 4.69) is 4.72 Å². The quantitative estimate of drug-likeness (QED) is 0.926. The Morgan fingerprint density at radius 3 is 2.29 bits per heavy atom. The zero-order chi connectivity index (χ0) is 13.2. The minimum atomic E-state index is -3.62. The molecule has 1 aromatic rings. The molecule has 1 atom stereocenters. The summed E-state index contributed by atoms with van der Waals surface area (Å²) in [6, 6.07) is 4.37. The van der Waals surface area contributed by atoms with Crippen LogP contribution in [0.2, 0.25) is 10.0 Å². The molecule has 6 heteroatoms. The van der Waals surface area contributed by atoms with Crippen LogP contribution >= 0.6 is 23.2 Å². The summed E-state index contributed by atoms with van der Waals surface area (Å²) in [5.41, 5.74) is 0. The maximum Gasteiger partial charge on any atom is 0.242 e. The second-order valence-corrected chi connectivity index (χ2v) is 6.67. The smallest absolute Gasteiger partial charge is 0.208 e. The molecule has 0 aliphatic heterocycles. The fraction of sp³-hybridized carbons (Fsp3) is 0.455. The van der Waals surface area contributed by atoms with Gasteiger partial charge in [0.05, 0.1) is 10.0 Å². The van der Waals surface area contributed by atoms with E-state index >= 15 is 0 Å². The maximum atomic E-state index is 12.1. The zero-order valence-corrected chi connectivity index (χ0v) is 12.2. The molecule has 0 saturated heterocycles. The van der Waals surface area contributed by atoms with Crippen LogP contribution in [-0.2, 0) is 10.0 Å². The lowest BCUT2D eigenvalue weighted by Crippen LogP contribution is -2.36. The van der Waals surface area contributed by atoms with Crippen molar-refractivity contribution in [2.45, 2.75) is 31.7 Å². The van der Waals surface area contributed by atoms with Crippen molar-refractivity contribution >= 4 is 33.2 Å². The summed E-state index contributed by atoms with van der Waals surface area (Å²) in [4.78, 5) is 0.0131. The van der Waals surface area contributed by atoms with Crippen LogP contribution in [0, 0.1) is 5.92 Å². The molecule has 1 aromatic carbocycles. The third-order valence-corrected chi connectivity index (χ3v) is 5.08. The highest BCUT2D eigenvalue weighted by molar-refractivity contribution is 7.89. The van der Waals surface area contributed by atoms with E-state index < -0.39 is 10.0 Å². The van der Waals surface area contributed by atoms with Crippen molar-refractivity contribution in [3.8, 4) is 0 Å². The van der Waals surface area contributed by atoms with E-state index in [1.807, 2.05) is 13.8 Å². The van der Waals surface area contributed by atoms with Gasteiger partial charge in [-0.15, -0.1) is 0 Å². The average molecular weight is 296 g/mol. The molecule has 1 rings (SSSR count). The van der Waals surface area contributed by atoms with Gasteiger partial charge < -0.3 is 0 Å². The third kappa shape index (κ3) is 3.58. The number of halogens is 2. The highest BCUT2D eigenvalue weighted by Crippen LogP contribution is 2.29. The monoisotopic (exact) mass is 295 g/mol. The van der Waals surface area contributed by atoms with Crippen molar-refractivity contribution in [3.05, 3.63) is 28.2 Å². The molecule has 0 radical (unpaired) electrons. The predicted molar refractivity (Wildman–Crippen MR) is 71.1 cm³/mol. The number of hydrogen-bond donors (Lipinski definition) is 1. The van der Waals surface area contributed by atoms with E-state index in [1.165, 1.54) is 6.07 Å². The molecule has 96 valence electrons. The van der Waals surface area contributed by atoms with Crippen LogP contribution in [0.1, 0.15) is 20.8 Å². The van der Waals surface area contributed by atoms with E-state index in [9.17, 15) is 8.42 Å². The molecule has 0 fully saturated rings. The van der Waals surface area contributed by atoms with E-state index in [4.69, 9.17) is 23.2 Å². The average Bonchev–Trinajstić information content (AvgIpc) is 2.21. The Morgan fingerprint density at radius 1 is 1.18 bits per heavy atom. The van der Waals surface area contributed by atoms with E-state index in [-0.39, 0.29) is 26.9 Å². The normalized spacial score (nSPS) is 14.0. The first-order valence-corrected chi connectivity index (χ1v) is 7.46. The molecule has 0 heterocycles. The summed E-state index contributed by atoms with van der Waals surface area (Å²) in [6.07, 6.45) is 0. The second-order valence-electron chi connectivity index (χ2n) is 4.21. The van der Waals surface area contributed by atoms with Gasteiger partial charge in [0.25, 0.3) is 0 Å². The first kappa shape index (κ1) is 14.8. The minimum Gasteiger partial charge on any atom is -0.208 e. The fourth-order valence-corrected chi connectivity index (χ4v) is 3.29. The molecular formula is C11H15Cl2NO2S. The standard InChI is InChI=1S/C11H15Cl2NO2S/c1-7(2)8(3)14-17(15,16)10-6-4-5-9(12)11(10)13/h4-8,14H,1-3H3/t8-/m1/s1. The Labute approximate surface area is 112 Å². The summed E-state index contributed by atoms with van der Waals surface area (Å²) < 4.78 is 26.7. The Hall–Kier alpha value is -0.290. The van der Waals surface area contributed by atoms with E-state index in [1.54, 1.807) is 19.1 Å². The van der Waals surface area contributed by atoms with Crippen LogP contribution in [0.15, 0.2) is 23.1 Å². The van der Waals surface area contributed by atoms with Crippen molar-refractivity contribution in [1.29, 1.82) is 0 Å².